The number of rotatable bonds is 6. The topological polar surface area (TPSA) is 62.4 Å². The minimum absolute atomic E-state index is 0.0309. The lowest BCUT2D eigenvalue weighted by Gasteiger charge is -2.46. The van der Waals surface area contributed by atoms with Gasteiger partial charge >= 0.3 is 0 Å². The summed E-state index contributed by atoms with van der Waals surface area (Å²) in [5, 5.41) is 10.3. The third-order valence-electron chi connectivity index (χ3n) is 5.23. The fraction of sp³-hybridized carbons (Fsp3) is 0.458. The van der Waals surface area contributed by atoms with E-state index in [1.807, 2.05) is 31.3 Å². The first-order chi connectivity index (χ1) is 14.1. The number of nitrogens with one attached hydrogen (secondary N) is 3. The van der Waals surface area contributed by atoms with Crippen molar-refractivity contribution >= 4 is 17.5 Å². The molecule has 162 valence electrons. The highest BCUT2D eigenvalue weighted by Gasteiger charge is 2.38. The van der Waals surface area contributed by atoms with Crippen LogP contribution in [0.2, 0.25) is 5.02 Å². The Balaban J connectivity index is 1.69. The summed E-state index contributed by atoms with van der Waals surface area (Å²) in [6.45, 7) is 9.43. The van der Waals surface area contributed by atoms with Crippen LogP contribution in [0.15, 0.2) is 42.5 Å². The van der Waals surface area contributed by atoms with Crippen molar-refractivity contribution in [2.24, 2.45) is 0 Å². The highest BCUT2D eigenvalue weighted by Crippen LogP contribution is 2.32. The summed E-state index contributed by atoms with van der Waals surface area (Å²) in [6.07, 6.45) is 1.75. The van der Waals surface area contributed by atoms with Crippen LogP contribution in [-0.2, 0) is 6.54 Å². The monoisotopic (exact) mass is 429 g/mol. The molecule has 1 aliphatic heterocycles. The zero-order valence-corrected chi connectivity index (χ0v) is 19.2. The largest absolute Gasteiger partial charge is 0.456 e. The van der Waals surface area contributed by atoms with E-state index in [9.17, 15) is 4.79 Å². The van der Waals surface area contributed by atoms with Crippen LogP contribution in [0.3, 0.4) is 0 Å². The van der Waals surface area contributed by atoms with Crippen LogP contribution in [0.4, 0.5) is 0 Å². The maximum absolute atomic E-state index is 12.8. The quantitative estimate of drug-likeness (QED) is 0.611. The Morgan fingerprint density at radius 1 is 1.13 bits per heavy atom. The molecule has 0 radical (unpaired) electrons. The van der Waals surface area contributed by atoms with E-state index in [1.54, 1.807) is 18.2 Å². The standard InChI is InChI=1S/C24H32ClN3O2/c1-23(2)13-18(14-24(3,4)28-23)27-22(29)17-9-10-21(20(25)12-17)30-19-8-6-7-16(11-19)15-26-5/h6-12,18,26,28H,13-15H2,1-5H3,(H,27,29). The Kier molecular flexibility index (Phi) is 6.75. The molecule has 1 amide bonds. The SMILES string of the molecule is CNCc1cccc(Oc2ccc(C(=O)NC3CC(C)(C)NC(C)(C)C3)cc2Cl)c1. The molecule has 2 aromatic rings. The number of ether oxygens (including phenoxy) is 1. The predicted octanol–water partition coefficient (Wildman–Crippen LogP) is 4.89. The predicted molar refractivity (Wildman–Crippen MR) is 123 cm³/mol. The lowest BCUT2D eigenvalue weighted by Crippen LogP contribution is -2.62. The molecule has 3 N–H and O–H groups in total. The normalized spacial score (nSPS) is 18.1. The van der Waals surface area contributed by atoms with Gasteiger partial charge in [0.1, 0.15) is 11.5 Å². The number of piperidine rings is 1. The number of amides is 1. The first-order valence-electron chi connectivity index (χ1n) is 10.4. The van der Waals surface area contributed by atoms with Crippen molar-refractivity contribution in [3.05, 3.63) is 58.6 Å². The second-order valence-electron chi connectivity index (χ2n) is 9.40. The van der Waals surface area contributed by atoms with Crippen LogP contribution in [0.5, 0.6) is 11.5 Å². The molecule has 30 heavy (non-hydrogen) atoms. The zero-order chi connectivity index (χ0) is 21.9. The van der Waals surface area contributed by atoms with Crippen molar-refractivity contribution in [3.8, 4) is 11.5 Å². The van der Waals surface area contributed by atoms with Crippen LogP contribution in [-0.4, -0.2) is 30.1 Å². The van der Waals surface area contributed by atoms with E-state index in [4.69, 9.17) is 16.3 Å². The molecule has 0 aliphatic carbocycles. The Bertz CT molecular complexity index is 895. The average Bonchev–Trinajstić information content (AvgIpc) is 2.61. The highest BCUT2D eigenvalue weighted by molar-refractivity contribution is 6.32. The molecular formula is C24H32ClN3O2. The summed E-state index contributed by atoms with van der Waals surface area (Å²) in [6, 6.07) is 13.1. The summed E-state index contributed by atoms with van der Waals surface area (Å²) >= 11 is 6.43. The minimum atomic E-state index is -0.113. The first-order valence-corrected chi connectivity index (χ1v) is 10.8. The average molecular weight is 430 g/mol. The smallest absolute Gasteiger partial charge is 0.251 e. The van der Waals surface area contributed by atoms with Gasteiger partial charge in [-0.2, -0.15) is 0 Å². The lowest BCUT2D eigenvalue weighted by atomic mass is 9.79. The van der Waals surface area contributed by atoms with Gasteiger partial charge in [-0.05, 0) is 83.5 Å². The molecule has 0 aromatic heterocycles. The van der Waals surface area contributed by atoms with E-state index >= 15 is 0 Å². The molecule has 0 saturated carbocycles. The molecule has 0 unspecified atom stereocenters. The number of benzene rings is 2. The zero-order valence-electron chi connectivity index (χ0n) is 18.4. The van der Waals surface area contributed by atoms with Crippen molar-refractivity contribution < 1.29 is 9.53 Å². The van der Waals surface area contributed by atoms with Crippen LogP contribution >= 0.6 is 11.6 Å². The summed E-state index contributed by atoms with van der Waals surface area (Å²) in [4.78, 5) is 12.8. The number of carbonyl (C=O) groups excluding carboxylic acids is 1. The number of hydrogen-bond acceptors (Lipinski definition) is 4. The summed E-state index contributed by atoms with van der Waals surface area (Å²) in [5.74, 6) is 1.12. The van der Waals surface area contributed by atoms with Crippen LogP contribution < -0.4 is 20.7 Å². The highest BCUT2D eigenvalue weighted by atomic mass is 35.5. The van der Waals surface area contributed by atoms with Gasteiger partial charge in [-0.25, -0.2) is 0 Å². The molecule has 3 rings (SSSR count). The van der Waals surface area contributed by atoms with Gasteiger partial charge in [0.25, 0.3) is 5.91 Å². The number of halogens is 1. The Morgan fingerprint density at radius 3 is 2.47 bits per heavy atom. The molecule has 0 atom stereocenters. The van der Waals surface area contributed by atoms with Crippen LogP contribution in [0.1, 0.15) is 56.5 Å². The Hall–Kier alpha value is -2.08. The van der Waals surface area contributed by atoms with Gasteiger partial charge < -0.3 is 20.7 Å². The Morgan fingerprint density at radius 2 is 1.83 bits per heavy atom. The van der Waals surface area contributed by atoms with E-state index < -0.39 is 0 Å². The van der Waals surface area contributed by atoms with Crippen molar-refractivity contribution in [1.29, 1.82) is 0 Å². The van der Waals surface area contributed by atoms with Crippen molar-refractivity contribution in [3.63, 3.8) is 0 Å². The van der Waals surface area contributed by atoms with E-state index in [1.165, 1.54) is 0 Å². The first kappa shape index (κ1) is 22.6. The third-order valence-corrected chi connectivity index (χ3v) is 5.52. The van der Waals surface area contributed by atoms with Crippen molar-refractivity contribution in [1.82, 2.24) is 16.0 Å². The van der Waals surface area contributed by atoms with Gasteiger partial charge in [0.2, 0.25) is 0 Å². The van der Waals surface area contributed by atoms with Crippen LogP contribution in [0.25, 0.3) is 0 Å². The summed E-state index contributed by atoms with van der Waals surface area (Å²) in [5.41, 5.74) is 1.59. The summed E-state index contributed by atoms with van der Waals surface area (Å²) in [7, 11) is 1.90. The molecule has 2 aromatic carbocycles. The number of hydrogen-bond donors (Lipinski definition) is 3. The van der Waals surface area contributed by atoms with Crippen LogP contribution in [0, 0.1) is 0 Å². The maximum Gasteiger partial charge on any atom is 0.251 e. The second-order valence-corrected chi connectivity index (χ2v) is 9.80. The fourth-order valence-electron chi connectivity index (χ4n) is 4.47. The van der Waals surface area contributed by atoms with Crippen molar-refractivity contribution in [2.45, 2.75) is 64.2 Å². The van der Waals surface area contributed by atoms with Gasteiger partial charge in [-0.3, -0.25) is 4.79 Å². The fourth-order valence-corrected chi connectivity index (χ4v) is 4.69. The number of carbonyl (C=O) groups is 1. The molecule has 0 bridgehead atoms. The van der Waals surface area contributed by atoms with E-state index in [2.05, 4.69) is 43.6 Å². The molecule has 1 heterocycles. The van der Waals surface area contributed by atoms with E-state index in [-0.39, 0.29) is 23.0 Å². The van der Waals surface area contributed by atoms with Crippen molar-refractivity contribution in [2.75, 3.05) is 7.05 Å². The van der Waals surface area contributed by atoms with E-state index in [0.717, 1.165) is 24.9 Å². The minimum Gasteiger partial charge on any atom is -0.456 e. The molecule has 1 saturated heterocycles. The molecule has 5 nitrogen and oxygen atoms in total. The Labute approximate surface area is 184 Å². The molecule has 1 fully saturated rings. The molecule has 1 aliphatic rings. The molecule has 6 heteroatoms. The van der Waals surface area contributed by atoms with E-state index in [0.29, 0.717) is 22.1 Å². The van der Waals surface area contributed by atoms with Gasteiger partial charge in [0.05, 0.1) is 5.02 Å². The maximum atomic E-state index is 12.8. The van der Waals surface area contributed by atoms with Gasteiger partial charge in [0.15, 0.2) is 0 Å². The molecular weight excluding hydrogens is 398 g/mol. The summed E-state index contributed by atoms with van der Waals surface area (Å²) < 4.78 is 5.94. The van der Waals surface area contributed by atoms with Gasteiger partial charge in [-0.15, -0.1) is 0 Å². The molecule has 0 spiro atoms. The lowest BCUT2D eigenvalue weighted by molar-refractivity contribution is 0.0873. The third kappa shape index (κ3) is 5.97. The van der Waals surface area contributed by atoms with Gasteiger partial charge in [-0.1, -0.05) is 23.7 Å². The second kappa shape index (κ2) is 8.96. The van der Waals surface area contributed by atoms with Gasteiger partial charge in [0, 0.05) is 29.2 Å².